The molecule has 1 aromatic heterocycles. The topological polar surface area (TPSA) is 46.9 Å². The molecule has 2 rings (SSSR count). The number of aryl methyl sites for hydroxylation is 1. The van der Waals surface area contributed by atoms with Crippen molar-refractivity contribution >= 4 is 11.0 Å². The normalized spacial score (nSPS) is 10.8. The van der Waals surface area contributed by atoms with Gasteiger partial charge in [-0.2, -0.15) is 0 Å². The molecule has 2 aromatic rings. The van der Waals surface area contributed by atoms with E-state index < -0.39 is 0 Å². The molecule has 0 aliphatic rings. The maximum absolute atomic E-state index is 12.2. The number of nitrogens with zero attached hydrogens (tertiary/aromatic N) is 2. The minimum atomic E-state index is -0.0450. The molecule has 0 radical (unpaired) electrons. The Morgan fingerprint density at radius 1 is 1.42 bits per heavy atom. The maximum Gasteiger partial charge on any atom is 0.272 e. The minimum Gasteiger partial charge on any atom is -0.313 e. The molecule has 0 spiro atoms. The largest absolute Gasteiger partial charge is 0.313 e. The third kappa shape index (κ3) is 2.90. The van der Waals surface area contributed by atoms with E-state index in [9.17, 15) is 4.79 Å². The van der Waals surface area contributed by atoms with Crippen LogP contribution in [0.5, 0.6) is 0 Å². The quantitative estimate of drug-likeness (QED) is 0.832. The van der Waals surface area contributed by atoms with E-state index in [-0.39, 0.29) is 5.56 Å². The van der Waals surface area contributed by atoms with Gasteiger partial charge in [0, 0.05) is 13.1 Å². The molecule has 1 aromatic carbocycles. The first-order valence-corrected chi connectivity index (χ1v) is 6.47. The summed E-state index contributed by atoms with van der Waals surface area (Å²) >= 11 is 0. The number of rotatable bonds is 5. The molecule has 0 fully saturated rings. The van der Waals surface area contributed by atoms with Crippen LogP contribution in [0.4, 0.5) is 0 Å². The number of benzene rings is 1. The molecule has 0 saturated heterocycles. The molecule has 0 aliphatic heterocycles. The number of aromatic nitrogens is 2. The average molecular weight is 257 g/mol. The van der Waals surface area contributed by atoms with E-state index in [0.29, 0.717) is 12.2 Å². The summed E-state index contributed by atoms with van der Waals surface area (Å²) in [6, 6.07) is 7.69. The van der Waals surface area contributed by atoms with Gasteiger partial charge >= 0.3 is 0 Å². The van der Waals surface area contributed by atoms with Crippen LogP contribution in [0.2, 0.25) is 0 Å². The summed E-state index contributed by atoms with van der Waals surface area (Å²) in [5, 5.41) is 3.22. The summed E-state index contributed by atoms with van der Waals surface area (Å²) in [6.07, 6.45) is 0. The second kappa shape index (κ2) is 5.80. The molecule has 0 aliphatic carbocycles. The Morgan fingerprint density at radius 3 is 2.89 bits per heavy atom. The van der Waals surface area contributed by atoms with Crippen LogP contribution in [0, 0.1) is 6.92 Å². The fraction of sp³-hybridized carbons (Fsp3) is 0.333. The molecular formula is C15H19N3O. The third-order valence-electron chi connectivity index (χ3n) is 3.02. The van der Waals surface area contributed by atoms with Crippen molar-refractivity contribution in [1.29, 1.82) is 0 Å². The summed E-state index contributed by atoms with van der Waals surface area (Å²) in [5.41, 5.74) is 3.16. The number of hydrogen-bond acceptors (Lipinski definition) is 3. The zero-order chi connectivity index (χ0) is 13.8. The lowest BCUT2D eigenvalue weighted by molar-refractivity contribution is 0.698. The Balaban J connectivity index is 2.43. The van der Waals surface area contributed by atoms with Crippen LogP contribution in [-0.2, 0) is 6.54 Å². The molecule has 19 heavy (non-hydrogen) atoms. The van der Waals surface area contributed by atoms with E-state index >= 15 is 0 Å². The SMILES string of the molecule is C=C(CNCC)Cn1c(=O)c(C)nc2ccccc21. The van der Waals surface area contributed by atoms with Gasteiger partial charge in [0.25, 0.3) is 5.56 Å². The monoisotopic (exact) mass is 257 g/mol. The molecule has 0 saturated carbocycles. The predicted octanol–water partition coefficient (Wildman–Crippen LogP) is 1.87. The highest BCUT2D eigenvalue weighted by molar-refractivity contribution is 5.74. The molecule has 100 valence electrons. The number of nitrogens with one attached hydrogen (secondary N) is 1. The van der Waals surface area contributed by atoms with Crippen LogP contribution in [0.15, 0.2) is 41.2 Å². The first kappa shape index (κ1) is 13.5. The van der Waals surface area contributed by atoms with Gasteiger partial charge in [-0.1, -0.05) is 25.6 Å². The number of hydrogen-bond donors (Lipinski definition) is 1. The lowest BCUT2D eigenvalue weighted by Gasteiger charge is -2.13. The van der Waals surface area contributed by atoms with E-state index in [4.69, 9.17) is 0 Å². The van der Waals surface area contributed by atoms with Crippen LogP contribution < -0.4 is 10.9 Å². The van der Waals surface area contributed by atoms with E-state index in [2.05, 4.69) is 16.9 Å². The van der Waals surface area contributed by atoms with E-state index in [1.807, 2.05) is 31.2 Å². The first-order chi connectivity index (χ1) is 9.13. The smallest absolute Gasteiger partial charge is 0.272 e. The summed E-state index contributed by atoms with van der Waals surface area (Å²) in [7, 11) is 0. The molecule has 0 amide bonds. The van der Waals surface area contributed by atoms with Crippen molar-refractivity contribution < 1.29 is 0 Å². The second-order valence-corrected chi connectivity index (χ2v) is 4.61. The van der Waals surface area contributed by atoms with E-state index in [1.54, 1.807) is 11.5 Å². The number of para-hydroxylation sites is 2. The van der Waals surface area contributed by atoms with Crippen molar-refractivity contribution in [3.63, 3.8) is 0 Å². The van der Waals surface area contributed by atoms with Crippen molar-refractivity contribution in [3.8, 4) is 0 Å². The van der Waals surface area contributed by atoms with E-state index in [1.165, 1.54) is 0 Å². The van der Waals surface area contributed by atoms with Crippen molar-refractivity contribution in [2.75, 3.05) is 13.1 Å². The highest BCUT2D eigenvalue weighted by Crippen LogP contribution is 2.10. The van der Waals surface area contributed by atoms with Gasteiger partial charge in [0.1, 0.15) is 5.69 Å². The third-order valence-corrected chi connectivity index (χ3v) is 3.02. The van der Waals surface area contributed by atoms with Crippen LogP contribution >= 0.6 is 0 Å². The Hall–Kier alpha value is -1.94. The summed E-state index contributed by atoms with van der Waals surface area (Å²) in [4.78, 5) is 16.6. The van der Waals surface area contributed by atoms with Gasteiger partial charge in [0.2, 0.25) is 0 Å². The standard InChI is InChI=1S/C15H19N3O/c1-4-16-9-11(2)10-18-14-8-6-5-7-13(14)17-12(3)15(18)19/h5-8,16H,2,4,9-10H2,1,3H3. The van der Waals surface area contributed by atoms with Gasteiger partial charge in [0.05, 0.1) is 11.0 Å². The highest BCUT2D eigenvalue weighted by Gasteiger charge is 2.08. The van der Waals surface area contributed by atoms with Crippen molar-refractivity contribution in [1.82, 2.24) is 14.9 Å². The molecule has 0 atom stereocenters. The minimum absolute atomic E-state index is 0.0450. The molecule has 1 heterocycles. The van der Waals surface area contributed by atoms with Gasteiger partial charge in [0.15, 0.2) is 0 Å². The van der Waals surface area contributed by atoms with Crippen LogP contribution in [0.3, 0.4) is 0 Å². The Kier molecular flexibility index (Phi) is 4.12. The fourth-order valence-electron chi connectivity index (χ4n) is 2.06. The molecule has 0 bridgehead atoms. The molecule has 4 heteroatoms. The summed E-state index contributed by atoms with van der Waals surface area (Å²) in [6.45, 7) is 9.96. The zero-order valence-corrected chi connectivity index (χ0v) is 11.4. The summed E-state index contributed by atoms with van der Waals surface area (Å²) in [5.74, 6) is 0. The van der Waals surface area contributed by atoms with Gasteiger partial charge in [-0.3, -0.25) is 4.79 Å². The van der Waals surface area contributed by atoms with Crippen LogP contribution in [-0.4, -0.2) is 22.6 Å². The fourth-order valence-corrected chi connectivity index (χ4v) is 2.06. The van der Waals surface area contributed by atoms with Crippen molar-refractivity contribution in [2.24, 2.45) is 0 Å². The Morgan fingerprint density at radius 2 is 2.16 bits per heavy atom. The number of fused-ring (bicyclic) bond motifs is 1. The molecule has 1 N–H and O–H groups in total. The van der Waals surface area contributed by atoms with Crippen molar-refractivity contribution in [2.45, 2.75) is 20.4 Å². The average Bonchev–Trinajstić information content (AvgIpc) is 2.41. The van der Waals surface area contributed by atoms with Gasteiger partial charge < -0.3 is 9.88 Å². The van der Waals surface area contributed by atoms with Gasteiger partial charge in [-0.05, 0) is 31.2 Å². The summed E-state index contributed by atoms with van der Waals surface area (Å²) < 4.78 is 1.75. The molecule has 4 nitrogen and oxygen atoms in total. The maximum atomic E-state index is 12.2. The Bertz CT molecular complexity index is 658. The zero-order valence-electron chi connectivity index (χ0n) is 11.4. The van der Waals surface area contributed by atoms with Gasteiger partial charge in [-0.15, -0.1) is 0 Å². The van der Waals surface area contributed by atoms with Gasteiger partial charge in [-0.25, -0.2) is 4.98 Å². The number of likely N-dealkylation sites (N-methyl/N-ethyl adjacent to an activating group) is 1. The highest BCUT2D eigenvalue weighted by atomic mass is 16.1. The second-order valence-electron chi connectivity index (χ2n) is 4.61. The van der Waals surface area contributed by atoms with Crippen LogP contribution in [0.1, 0.15) is 12.6 Å². The lowest BCUT2D eigenvalue weighted by atomic mass is 10.2. The van der Waals surface area contributed by atoms with Crippen LogP contribution in [0.25, 0.3) is 11.0 Å². The predicted molar refractivity (Wildman–Crippen MR) is 78.4 cm³/mol. The Labute approximate surface area is 112 Å². The first-order valence-electron chi connectivity index (χ1n) is 6.47. The molecular weight excluding hydrogens is 238 g/mol. The lowest BCUT2D eigenvalue weighted by Crippen LogP contribution is -2.27. The van der Waals surface area contributed by atoms with E-state index in [0.717, 1.165) is 29.7 Å². The van der Waals surface area contributed by atoms with Crippen molar-refractivity contribution in [3.05, 3.63) is 52.5 Å². The molecule has 0 unspecified atom stereocenters.